The molecule has 2 aromatic rings. The van der Waals surface area contributed by atoms with Crippen LogP contribution in [-0.4, -0.2) is 20.6 Å². The van der Waals surface area contributed by atoms with Crippen LogP contribution in [0.2, 0.25) is 0 Å². The summed E-state index contributed by atoms with van der Waals surface area (Å²) in [5.41, 5.74) is 1.88. The predicted molar refractivity (Wildman–Crippen MR) is 92.9 cm³/mol. The van der Waals surface area contributed by atoms with Gasteiger partial charge in [0.1, 0.15) is 11.5 Å². The lowest BCUT2D eigenvalue weighted by atomic mass is 10.1. The Labute approximate surface area is 150 Å². The van der Waals surface area contributed by atoms with Crippen molar-refractivity contribution in [3.8, 4) is 11.5 Å². The normalized spacial score (nSPS) is 13.4. The van der Waals surface area contributed by atoms with Crippen LogP contribution in [-0.2, 0) is 27.7 Å². The summed E-state index contributed by atoms with van der Waals surface area (Å²) >= 11 is 0. The van der Waals surface area contributed by atoms with Crippen molar-refractivity contribution in [2.45, 2.75) is 26.2 Å². The lowest BCUT2D eigenvalue weighted by molar-refractivity contribution is -0.115. The second-order valence-electron chi connectivity index (χ2n) is 6.17. The molecule has 0 aliphatic heterocycles. The maximum atomic E-state index is 14.0. The number of halogens is 2. The van der Waals surface area contributed by atoms with Gasteiger partial charge in [0.25, 0.3) is 0 Å². The zero-order valence-corrected chi connectivity index (χ0v) is 15.1. The van der Waals surface area contributed by atoms with Gasteiger partial charge in [-0.1, -0.05) is 0 Å². The van der Waals surface area contributed by atoms with Gasteiger partial charge in [-0.2, -0.15) is 0 Å². The van der Waals surface area contributed by atoms with Gasteiger partial charge in [-0.25, -0.2) is 21.5 Å². The maximum absolute atomic E-state index is 14.0. The van der Waals surface area contributed by atoms with Crippen LogP contribution in [0.5, 0.6) is 11.5 Å². The van der Waals surface area contributed by atoms with Crippen molar-refractivity contribution in [1.82, 2.24) is 0 Å². The van der Waals surface area contributed by atoms with Gasteiger partial charge in [-0.3, -0.25) is 4.79 Å². The molecule has 0 bridgehead atoms. The van der Waals surface area contributed by atoms with Crippen molar-refractivity contribution in [3.63, 3.8) is 0 Å². The van der Waals surface area contributed by atoms with E-state index in [1.54, 1.807) is 12.1 Å². The molecular formula is C18H17F2NO4S. The lowest BCUT2D eigenvalue weighted by Gasteiger charge is -2.23. The van der Waals surface area contributed by atoms with Gasteiger partial charge in [-0.05, 0) is 54.7 Å². The summed E-state index contributed by atoms with van der Waals surface area (Å²) < 4.78 is 57.5. The minimum Gasteiger partial charge on any atom is -0.452 e. The molecule has 8 heteroatoms. The number of benzene rings is 2. The molecule has 0 spiro atoms. The van der Waals surface area contributed by atoms with Crippen LogP contribution in [0.25, 0.3) is 0 Å². The molecule has 0 atom stereocenters. The number of hydrogen-bond donors (Lipinski definition) is 0. The van der Waals surface area contributed by atoms with Crippen molar-refractivity contribution < 1.29 is 26.7 Å². The molecule has 3 rings (SSSR count). The molecule has 0 unspecified atom stereocenters. The lowest BCUT2D eigenvalue weighted by Crippen LogP contribution is -2.34. The largest absolute Gasteiger partial charge is 0.452 e. The number of hydrogen-bond acceptors (Lipinski definition) is 4. The smallest absolute Gasteiger partial charge is 0.238 e. The van der Waals surface area contributed by atoms with Crippen LogP contribution in [0.15, 0.2) is 30.3 Å². The average Bonchev–Trinajstić information content (AvgIpc) is 2.95. The van der Waals surface area contributed by atoms with Crippen LogP contribution in [0.3, 0.4) is 0 Å². The molecule has 0 N–H and O–H groups in total. The van der Waals surface area contributed by atoms with E-state index < -0.39 is 27.6 Å². The number of amides is 1. The first-order valence-electron chi connectivity index (χ1n) is 7.96. The van der Waals surface area contributed by atoms with Gasteiger partial charge >= 0.3 is 0 Å². The first-order valence-corrected chi connectivity index (χ1v) is 9.81. The summed E-state index contributed by atoms with van der Waals surface area (Å²) in [6.07, 6.45) is 3.33. The van der Waals surface area contributed by atoms with Crippen LogP contribution >= 0.6 is 0 Å². The number of rotatable bonds is 4. The molecule has 0 fully saturated rings. The molecule has 1 amide bonds. The Morgan fingerprint density at radius 3 is 2.31 bits per heavy atom. The Morgan fingerprint density at radius 1 is 1.08 bits per heavy atom. The van der Waals surface area contributed by atoms with Crippen LogP contribution in [0.1, 0.15) is 24.5 Å². The first kappa shape index (κ1) is 18.3. The third kappa shape index (κ3) is 3.55. The van der Waals surface area contributed by atoms with Crippen molar-refractivity contribution in [2.75, 3.05) is 10.6 Å². The number of nitrogens with zero attached hydrogens (tertiary/aromatic N) is 1. The molecule has 26 heavy (non-hydrogen) atoms. The SMILES string of the molecule is CC(=O)N(c1cc2c(cc1Oc1ccc(F)cc1F)CCC2)S(C)(=O)=O. The van der Waals surface area contributed by atoms with E-state index in [1.165, 1.54) is 0 Å². The highest BCUT2D eigenvalue weighted by atomic mass is 32.2. The number of ether oxygens (including phenoxy) is 1. The summed E-state index contributed by atoms with van der Waals surface area (Å²) in [6.45, 7) is 1.12. The molecule has 0 saturated heterocycles. The Balaban J connectivity index is 2.15. The second-order valence-corrected chi connectivity index (χ2v) is 8.00. The van der Waals surface area contributed by atoms with Crippen LogP contribution in [0, 0.1) is 11.6 Å². The zero-order valence-electron chi connectivity index (χ0n) is 14.3. The van der Waals surface area contributed by atoms with Gasteiger partial charge in [0, 0.05) is 13.0 Å². The molecule has 138 valence electrons. The van der Waals surface area contributed by atoms with E-state index in [-0.39, 0.29) is 17.2 Å². The van der Waals surface area contributed by atoms with Gasteiger partial charge < -0.3 is 4.74 Å². The summed E-state index contributed by atoms with van der Waals surface area (Å²) in [5.74, 6) is -2.63. The number of fused-ring (bicyclic) bond motifs is 1. The Hall–Kier alpha value is -2.48. The van der Waals surface area contributed by atoms with Gasteiger partial charge in [-0.15, -0.1) is 0 Å². The minimum atomic E-state index is -3.92. The second kappa shape index (κ2) is 6.68. The third-order valence-corrected chi connectivity index (χ3v) is 5.24. The molecule has 0 heterocycles. The van der Waals surface area contributed by atoms with Gasteiger partial charge in [0.2, 0.25) is 15.9 Å². The highest BCUT2D eigenvalue weighted by Crippen LogP contribution is 2.39. The van der Waals surface area contributed by atoms with Crippen LogP contribution < -0.4 is 9.04 Å². The van der Waals surface area contributed by atoms with Crippen molar-refractivity contribution in [2.24, 2.45) is 0 Å². The molecule has 1 aliphatic rings. The summed E-state index contributed by atoms with van der Waals surface area (Å²) in [7, 11) is -3.92. The quantitative estimate of drug-likeness (QED) is 0.812. The fourth-order valence-electron chi connectivity index (χ4n) is 3.09. The minimum absolute atomic E-state index is 0.0179. The molecule has 0 aromatic heterocycles. The fraction of sp³-hybridized carbons (Fsp3) is 0.278. The topological polar surface area (TPSA) is 63.7 Å². The Morgan fingerprint density at radius 2 is 1.73 bits per heavy atom. The number of sulfonamides is 1. The van der Waals surface area contributed by atoms with E-state index >= 15 is 0 Å². The molecule has 5 nitrogen and oxygen atoms in total. The number of aryl methyl sites for hydroxylation is 2. The molecule has 1 aliphatic carbocycles. The maximum Gasteiger partial charge on any atom is 0.238 e. The Bertz CT molecular complexity index is 989. The van der Waals surface area contributed by atoms with E-state index in [1.807, 2.05) is 0 Å². The first-order chi connectivity index (χ1) is 12.2. The Kier molecular flexibility index (Phi) is 4.70. The van der Waals surface area contributed by atoms with E-state index in [2.05, 4.69) is 0 Å². The van der Waals surface area contributed by atoms with E-state index in [0.29, 0.717) is 10.4 Å². The van der Waals surface area contributed by atoms with Crippen molar-refractivity contribution in [1.29, 1.82) is 0 Å². The summed E-state index contributed by atoms with van der Waals surface area (Å²) in [5, 5.41) is 0. The number of carbonyl (C=O) groups is 1. The van der Waals surface area contributed by atoms with E-state index in [9.17, 15) is 22.0 Å². The van der Waals surface area contributed by atoms with Crippen LogP contribution in [0.4, 0.5) is 14.5 Å². The number of anilines is 1. The fourth-order valence-corrected chi connectivity index (χ4v) is 4.05. The van der Waals surface area contributed by atoms with Gasteiger partial charge in [0.05, 0.1) is 6.26 Å². The summed E-state index contributed by atoms with van der Waals surface area (Å²) in [4.78, 5) is 12.0. The van der Waals surface area contributed by atoms with Gasteiger partial charge in [0.15, 0.2) is 17.3 Å². The van der Waals surface area contributed by atoms with E-state index in [0.717, 1.165) is 55.7 Å². The van der Waals surface area contributed by atoms with E-state index in [4.69, 9.17) is 4.74 Å². The predicted octanol–water partition coefficient (Wildman–Crippen LogP) is 3.56. The van der Waals surface area contributed by atoms with Crippen molar-refractivity contribution in [3.05, 3.63) is 53.1 Å². The molecular weight excluding hydrogens is 364 g/mol. The molecule has 0 saturated carbocycles. The highest BCUT2D eigenvalue weighted by Gasteiger charge is 2.28. The average molecular weight is 381 g/mol. The standard InChI is InChI=1S/C18H17F2NO4S/c1-11(22)21(26(2,23)24)16-8-12-4-3-5-13(12)9-18(16)25-17-7-6-14(19)10-15(17)20/h6-10H,3-5H2,1-2H3. The molecule has 2 aromatic carbocycles. The summed E-state index contributed by atoms with van der Waals surface area (Å²) in [6, 6.07) is 6.01. The third-order valence-electron chi connectivity index (χ3n) is 4.12. The van der Waals surface area contributed by atoms with Crippen molar-refractivity contribution >= 4 is 21.6 Å². The molecule has 0 radical (unpaired) electrons. The number of carbonyl (C=O) groups excluding carboxylic acids is 1. The highest BCUT2D eigenvalue weighted by molar-refractivity contribution is 7.92. The zero-order chi connectivity index (χ0) is 19.1. The monoisotopic (exact) mass is 381 g/mol.